The summed E-state index contributed by atoms with van der Waals surface area (Å²) in [7, 11) is -3.28. The van der Waals surface area contributed by atoms with E-state index >= 15 is 0 Å². The van der Waals surface area contributed by atoms with E-state index in [9.17, 15) is 13.9 Å². The van der Waals surface area contributed by atoms with Gasteiger partial charge in [-0.1, -0.05) is 49.4 Å². The highest BCUT2D eigenvalue weighted by Crippen LogP contribution is 2.57. The van der Waals surface area contributed by atoms with E-state index in [2.05, 4.69) is 22.4 Å². The molecule has 0 saturated carbocycles. The van der Waals surface area contributed by atoms with Gasteiger partial charge in [0.2, 0.25) is 0 Å². The molecule has 0 radical (unpaired) electrons. The molecule has 1 aliphatic heterocycles. The third-order valence-electron chi connectivity index (χ3n) is 7.69. The van der Waals surface area contributed by atoms with E-state index in [0.29, 0.717) is 43.2 Å². The number of aryl methyl sites for hydroxylation is 3. The minimum atomic E-state index is -3.28. The van der Waals surface area contributed by atoms with Gasteiger partial charge in [-0.05, 0) is 74.8 Å². The van der Waals surface area contributed by atoms with E-state index in [1.165, 1.54) is 0 Å². The molecule has 2 heterocycles. The van der Waals surface area contributed by atoms with Crippen molar-refractivity contribution in [3.05, 3.63) is 71.0 Å². The second-order valence-corrected chi connectivity index (χ2v) is 12.4. The van der Waals surface area contributed by atoms with Crippen molar-refractivity contribution < 1.29 is 23.4 Å². The normalized spacial score (nSPS) is 19.1. The smallest absolute Gasteiger partial charge is 0.309 e. The highest BCUT2D eigenvalue weighted by atomic mass is 32.3. The van der Waals surface area contributed by atoms with Crippen LogP contribution in [0.2, 0.25) is 0 Å². The summed E-state index contributed by atoms with van der Waals surface area (Å²) in [5.41, 5.74) is 3.92. The first-order chi connectivity index (χ1) is 19.2. The number of esters is 1. The molecule has 1 aromatic heterocycles. The molecule has 0 bridgehead atoms. The van der Waals surface area contributed by atoms with E-state index in [4.69, 9.17) is 9.47 Å². The third kappa shape index (κ3) is 6.68. The minimum absolute atomic E-state index is 0.109. The van der Waals surface area contributed by atoms with Crippen molar-refractivity contribution in [2.75, 3.05) is 13.2 Å². The Balaban J connectivity index is 1.65. The van der Waals surface area contributed by atoms with Gasteiger partial charge in [0, 0.05) is 19.3 Å². The molecule has 2 aromatic carbocycles. The van der Waals surface area contributed by atoms with Crippen LogP contribution in [0.5, 0.6) is 5.75 Å². The lowest BCUT2D eigenvalue weighted by molar-refractivity contribution is -0.148. The fourth-order valence-electron chi connectivity index (χ4n) is 5.16. The lowest BCUT2D eigenvalue weighted by atomic mass is 9.82. The number of hydrogen-bond donors (Lipinski definition) is 2. The van der Waals surface area contributed by atoms with Gasteiger partial charge in [0.1, 0.15) is 16.7 Å². The van der Waals surface area contributed by atoms with Crippen LogP contribution in [-0.2, 0) is 29.0 Å². The number of hydrogen-bond acceptors (Lipinski definition) is 8. The fraction of sp³-hybridized carbons (Fsp3) is 0.500. The van der Waals surface area contributed by atoms with E-state index in [-0.39, 0.29) is 23.9 Å². The van der Waals surface area contributed by atoms with Gasteiger partial charge >= 0.3 is 5.97 Å². The van der Waals surface area contributed by atoms with Gasteiger partial charge in [0.05, 0.1) is 24.8 Å². The van der Waals surface area contributed by atoms with E-state index < -0.39 is 10.8 Å². The van der Waals surface area contributed by atoms with Crippen LogP contribution in [0.4, 0.5) is 0 Å². The van der Waals surface area contributed by atoms with Crippen LogP contribution in [-0.4, -0.2) is 53.6 Å². The molecule has 2 N–H and O–H groups in total. The topological polar surface area (TPSA) is 110 Å². The van der Waals surface area contributed by atoms with Crippen LogP contribution in [0, 0.1) is 12.8 Å². The maximum Gasteiger partial charge on any atom is 0.309 e. The van der Waals surface area contributed by atoms with Crippen LogP contribution < -0.4 is 4.74 Å². The standard InChI is InChI=1S/C30H42N4O5S/c1-6-26-20-34(40(36,37)29-12-10-9-11-28(29)39-26)18-24-17-23(14-13-21(24)4)27(22(5)30(35)38-8-3)16-15-25-19-33(7-2)32-31-25/h9-14,17,19,22,26-27,36-37H,6-8,15-16,18,20H2,1-5H3. The predicted molar refractivity (Wildman–Crippen MR) is 156 cm³/mol. The molecule has 10 heteroatoms. The molecule has 3 atom stereocenters. The molecule has 0 amide bonds. The molecule has 3 unspecified atom stereocenters. The Labute approximate surface area is 239 Å². The van der Waals surface area contributed by atoms with Gasteiger partial charge in [-0.25, -0.2) is 0 Å². The third-order valence-corrected chi connectivity index (χ3v) is 9.62. The quantitative estimate of drug-likeness (QED) is 0.262. The molecular weight excluding hydrogens is 528 g/mol. The van der Waals surface area contributed by atoms with Crippen molar-refractivity contribution in [3.8, 4) is 5.75 Å². The van der Waals surface area contributed by atoms with Crippen molar-refractivity contribution in [3.63, 3.8) is 0 Å². The summed E-state index contributed by atoms with van der Waals surface area (Å²) >= 11 is 0. The summed E-state index contributed by atoms with van der Waals surface area (Å²) in [6.45, 7) is 11.6. The maximum absolute atomic E-state index is 12.9. The monoisotopic (exact) mass is 570 g/mol. The van der Waals surface area contributed by atoms with Gasteiger partial charge in [0.25, 0.3) is 0 Å². The summed E-state index contributed by atoms with van der Waals surface area (Å²) in [5.74, 6) is -0.180. The molecule has 0 aliphatic carbocycles. The van der Waals surface area contributed by atoms with Crippen molar-refractivity contribution in [1.29, 1.82) is 0 Å². The van der Waals surface area contributed by atoms with E-state index in [1.54, 1.807) is 27.2 Å². The molecule has 3 aromatic rings. The second-order valence-electron chi connectivity index (χ2n) is 10.4. The van der Waals surface area contributed by atoms with Crippen molar-refractivity contribution in [2.24, 2.45) is 5.92 Å². The Kier molecular flexibility index (Phi) is 9.89. The van der Waals surface area contributed by atoms with Crippen LogP contribution in [0.3, 0.4) is 0 Å². The first-order valence-corrected chi connectivity index (χ1v) is 15.6. The fourth-order valence-corrected chi connectivity index (χ4v) is 6.78. The predicted octanol–water partition coefficient (Wildman–Crippen LogP) is 6.22. The largest absolute Gasteiger partial charge is 0.487 e. The number of nitrogens with zero attached hydrogens (tertiary/aromatic N) is 4. The van der Waals surface area contributed by atoms with Crippen LogP contribution in [0.15, 0.2) is 53.6 Å². The van der Waals surface area contributed by atoms with Crippen LogP contribution in [0.25, 0.3) is 0 Å². The highest BCUT2D eigenvalue weighted by molar-refractivity contribution is 8.22. The summed E-state index contributed by atoms with van der Waals surface area (Å²) in [6.07, 6.45) is 3.88. The van der Waals surface area contributed by atoms with Crippen LogP contribution >= 0.6 is 10.8 Å². The average Bonchev–Trinajstić information content (AvgIpc) is 3.38. The van der Waals surface area contributed by atoms with E-state index in [1.807, 2.05) is 52.9 Å². The Morgan fingerprint density at radius 1 is 1.20 bits per heavy atom. The molecule has 1 aliphatic rings. The minimum Gasteiger partial charge on any atom is -0.487 e. The molecule has 4 rings (SSSR count). The van der Waals surface area contributed by atoms with Crippen molar-refractivity contribution >= 4 is 16.7 Å². The number of fused-ring (bicyclic) bond motifs is 1. The summed E-state index contributed by atoms with van der Waals surface area (Å²) in [5, 5.41) is 8.44. The zero-order chi connectivity index (χ0) is 28.9. The van der Waals surface area contributed by atoms with Gasteiger partial charge in [0.15, 0.2) is 0 Å². The number of aromatic nitrogens is 3. The first-order valence-electron chi connectivity index (χ1n) is 14.1. The number of ether oxygens (including phenoxy) is 2. The Morgan fingerprint density at radius 2 is 1.98 bits per heavy atom. The number of para-hydroxylation sites is 1. The molecule has 0 fully saturated rings. The van der Waals surface area contributed by atoms with Crippen molar-refractivity contribution in [1.82, 2.24) is 19.3 Å². The molecule has 9 nitrogen and oxygen atoms in total. The van der Waals surface area contributed by atoms with Gasteiger partial charge < -0.3 is 9.47 Å². The number of carbonyl (C=O) groups is 1. The molecule has 0 spiro atoms. The Bertz CT molecular complexity index is 1300. The molecule has 40 heavy (non-hydrogen) atoms. The van der Waals surface area contributed by atoms with E-state index in [0.717, 1.165) is 35.3 Å². The first kappa shape index (κ1) is 30.0. The summed E-state index contributed by atoms with van der Waals surface area (Å²) in [6, 6.07) is 13.4. The van der Waals surface area contributed by atoms with Gasteiger partial charge in [-0.15, -0.1) is 15.9 Å². The highest BCUT2D eigenvalue weighted by Gasteiger charge is 2.35. The Morgan fingerprint density at radius 3 is 2.67 bits per heavy atom. The SMILES string of the molecule is CCOC(=O)C(C)C(CCc1cn(CC)nn1)c1ccc(C)c(CN2CC(CC)Oc3ccccc3S2(O)O)c1. The zero-order valence-electron chi connectivity index (χ0n) is 24.1. The Hall–Kier alpha value is -2.92. The summed E-state index contributed by atoms with van der Waals surface area (Å²) in [4.78, 5) is 13.3. The zero-order valence-corrected chi connectivity index (χ0v) is 24.9. The lowest BCUT2D eigenvalue weighted by Crippen LogP contribution is -2.34. The van der Waals surface area contributed by atoms with Gasteiger partial charge in [-0.3, -0.25) is 18.6 Å². The summed E-state index contributed by atoms with van der Waals surface area (Å²) < 4.78 is 38.0. The number of rotatable bonds is 11. The van der Waals surface area contributed by atoms with Gasteiger partial charge in [-0.2, -0.15) is 4.31 Å². The maximum atomic E-state index is 12.9. The number of benzene rings is 2. The second kappa shape index (κ2) is 13.2. The number of carbonyl (C=O) groups excluding carboxylic acids is 1. The molecule has 0 saturated heterocycles. The molecule has 218 valence electrons. The van der Waals surface area contributed by atoms with Crippen molar-refractivity contribution in [2.45, 2.75) is 83.9 Å². The average molecular weight is 571 g/mol. The van der Waals surface area contributed by atoms with Crippen LogP contribution in [0.1, 0.15) is 68.8 Å². The lowest BCUT2D eigenvalue weighted by Gasteiger charge is -2.42. The molecular formula is C30H42N4O5S.